The Hall–Kier alpha value is -1.86. The lowest BCUT2D eigenvalue weighted by atomic mass is 9.78. The van der Waals surface area contributed by atoms with Gasteiger partial charge in [-0.3, -0.25) is 18.9 Å². The number of nitrogens with zero attached hydrogens (tertiary/aromatic N) is 1. The monoisotopic (exact) mass is 455 g/mol. The summed E-state index contributed by atoms with van der Waals surface area (Å²) in [5, 5.41) is -4.71. The molecule has 10 nitrogen and oxygen atoms in total. The average molecular weight is 455 g/mol. The van der Waals surface area contributed by atoms with Gasteiger partial charge in [-0.25, -0.2) is 0 Å². The summed E-state index contributed by atoms with van der Waals surface area (Å²) >= 11 is 0. The van der Waals surface area contributed by atoms with Crippen molar-refractivity contribution in [3.05, 3.63) is 0 Å². The first-order valence-corrected chi connectivity index (χ1v) is 10.8. The molecule has 3 fully saturated rings. The average Bonchev–Trinajstić information content (AvgIpc) is 3.20. The molecular weight excluding hydrogens is 432 g/mol. The van der Waals surface area contributed by atoms with E-state index in [0.717, 1.165) is 0 Å². The third-order valence-corrected chi connectivity index (χ3v) is 6.45. The number of halogens is 2. The Morgan fingerprint density at radius 3 is 2.33 bits per heavy atom. The van der Waals surface area contributed by atoms with E-state index in [0.29, 0.717) is 0 Å². The Morgan fingerprint density at radius 2 is 1.83 bits per heavy atom. The summed E-state index contributed by atoms with van der Waals surface area (Å²) in [5.74, 6) is -5.22. The Kier molecular flexibility index (Phi) is 5.61. The van der Waals surface area contributed by atoms with Crippen LogP contribution in [0.5, 0.6) is 0 Å². The van der Waals surface area contributed by atoms with Crippen LogP contribution in [0.1, 0.15) is 27.7 Å². The maximum Gasteiger partial charge on any atom is 0.402 e. The fraction of sp³-hybridized carbons (Fsp3) is 0.824. The Bertz CT molecular complexity index is 859. The van der Waals surface area contributed by atoms with Crippen molar-refractivity contribution in [2.45, 2.75) is 63.3 Å². The highest BCUT2D eigenvalue weighted by Crippen LogP contribution is 2.53. The number of carbonyl (C=O) groups is 3. The zero-order valence-electron chi connectivity index (χ0n) is 16.7. The molecule has 6 unspecified atom stereocenters. The van der Waals surface area contributed by atoms with Gasteiger partial charge in [0, 0.05) is 6.04 Å². The Labute approximate surface area is 171 Å². The van der Waals surface area contributed by atoms with Gasteiger partial charge in [-0.05, 0) is 13.8 Å². The van der Waals surface area contributed by atoms with E-state index < -0.39 is 81.9 Å². The number of likely N-dealkylation sites (tertiary alicyclic amines) is 1. The second-order valence-electron chi connectivity index (χ2n) is 8.22. The maximum atomic E-state index is 13.4. The molecule has 0 aromatic heterocycles. The molecule has 6 atom stereocenters. The van der Waals surface area contributed by atoms with Gasteiger partial charge in [-0.15, -0.1) is 0 Å². The van der Waals surface area contributed by atoms with E-state index in [2.05, 4.69) is 4.74 Å². The fourth-order valence-electron chi connectivity index (χ4n) is 4.26. The predicted octanol–water partition coefficient (Wildman–Crippen LogP) is 0.211. The largest absolute Gasteiger partial charge is 0.458 e. The van der Waals surface area contributed by atoms with Crippen molar-refractivity contribution in [2.24, 2.45) is 17.8 Å². The van der Waals surface area contributed by atoms with E-state index in [1.807, 2.05) is 0 Å². The van der Waals surface area contributed by atoms with Crippen molar-refractivity contribution < 1.29 is 50.3 Å². The molecule has 30 heavy (non-hydrogen) atoms. The van der Waals surface area contributed by atoms with Crippen molar-refractivity contribution in [3.8, 4) is 0 Å². The van der Waals surface area contributed by atoms with Crippen LogP contribution in [-0.2, 0) is 38.7 Å². The lowest BCUT2D eigenvalue weighted by Gasteiger charge is -2.33. The molecule has 1 amide bonds. The molecule has 0 aromatic carbocycles. The normalized spacial score (nSPS) is 33.0. The molecule has 3 saturated heterocycles. The predicted molar refractivity (Wildman–Crippen MR) is 93.6 cm³/mol. The van der Waals surface area contributed by atoms with Crippen molar-refractivity contribution >= 4 is 28.0 Å². The van der Waals surface area contributed by atoms with Crippen LogP contribution in [0.25, 0.3) is 0 Å². The van der Waals surface area contributed by atoms with Crippen LogP contribution in [-0.4, -0.2) is 78.0 Å². The minimum absolute atomic E-state index is 0.309. The van der Waals surface area contributed by atoms with Crippen molar-refractivity contribution in [2.75, 3.05) is 6.61 Å². The third kappa shape index (κ3) is 3.46. The lowest BCUT2D eigenvalue weighted by Crippen LogP contribution is -2.52. The smallest absolute Gasteiger partial charge is 0.402 e. The van der Waals surface area contributed by atoms with Crippen molar-refractivity contribution in [3.63, 3.8) is 0 Å². The number of carbonyl (C=O) groups excluding carboxylic acids is 3. The van der Waals surface area contributed by atoms with Crippen LogP contribution >= 0.6 is 0 Å². The number of ether oxygens (including phenoxy) is 3. The van der Waals surface area contributed by atoms with Crippen LogP contribution in [0.2, 0.25) is 0 Å². The zero-order valence-corrected chi connectivity index (χ0v) is 17.5. The van der Waals surface area contributed by atoms with E-state index >= 15 is 0 Å². The molecule has 0 aliphatic carbocycles. The Morgan fingerprint density at radius 1 is 1.23 bits per heavy atom. The number of fused-ring (bicyclic) bond motifs is 1. The second kappa shape index (κ2) is 7.38. The number of rotatable bonds is 7. The Balaban J connectivity index is 1.87. The minimum atomic E-state index is -5.80. The van der Waals surface area contributed by atoms with Gasteiger partial charge in [0.15, 0.2) is 12.7 Å². The summed E-state index contributed by atoms with van der Waals surface area (Å²) in [6, 6.07) is -0.935. The molecule has 3 aliphatic heterocycles. The summed E-state index contributed by atoms with van der Waals surface area (Å²) in [7, 11) is -5.80. The molecule has 0 saturated carbocycles. The van der Waals surface area contributed by atoms with Gasteiger partial charge in [-0.1, -0.05) is 13.8 Å². The van der Waals surface area contributed by atoms with Crippen LogP contribution in [0.15, 0.2) is 0 Å². The summed E-state index contributed by atoms with van der Waals surface area (Å²) in [4.78, 5) is 39.1. The standard InChI is InChI=1S/C17H23F2NO9S/c1-6(2)15(22)29-13-10-11-8(14(21)20(10)7(3)4)9(12(13)28-11)16(23)27-5-17(18,19)30(24,25)26/h6-13H,5H2,1-4H3,(H,24,25,26). The van der Waals surface area contributed by atoms with Gasteiger partial charge in [0.05, 0.1) is 24.0 Å². The topological polar surface area (TPSA) is 137 Å². The molecule has 1 N–H and O–H groups in total. The van der Waals surface area contributed by atoms with E-state index in [1.54, 1.807) is 27.7 Å². The number of alkyl halides is 2. The zero-order chi connectivity index (χ0) is 22.8. The van der Waals surface area contributed by atoms with Gasteiger partial charge >= 0.3 is 27.3 Å². The number of hydrogen-bond acceptors (Lipinski definition) is 8. The van der Waals surface area contributed by atoms with Gasteiger partial charge in [0.1, 0.15) is 12.0 Å². The first-order valence-electron chi connectivity index (χ1n) is 9.38. The second-order valence-corrected chi connectivity index (χ2v) is 9.77. The number of esters is 2. The van der Waals surface area contributed by atoms with Crippen LogP contribution in [0.4, 0.5) is 8.78 Å². The molecule has 3 rings (SSSR count). The van der Waals surface area contributed by atoms with Crippen LogP contribution in [0.3, 0.4) is 0 Å². The summed E-state index contributed by atoms with van der Waals surface area (Å²) in [6.45, 7) is 4.74. The maximum absolute atomic E-state index is 13.4. The quantitative estimate of drug-likeness (QED) is 0.422. The van der Waals surface area contributed by atoms with Gasteiger partial charge < -0.3 is 19.1 Å². The number of amides is 1. The van der Waals surface area contributed by atoms with E-state index in [-0.39, 0.29) is 6.04 Å². The molecule has 3 aliphatic rings. The van der Waals surface area contributed by atoms with Gasteiger partial charge in [-0.2, -0.15) is 17.2 Å². The molecule has 0 spiro atoms. The van der Waals surface area contributed by atoms with Crippen LogP contribution in [0, 0.1) is 17.8 Å². The lowest BCUT2D eigenvalue weighted by molar-refractivity contribution is -0.167. The first kappa shape index (κ1) is 22.8. The van der Waals surface area contributed by atoms with Gasteiger partial charge in [0.2, 0.25) is 5.91 Å². The number of hydrogen-bond donors (Lipinski definition) is 1. The molecule has 2 bridgehead atoms. The third-order valence-electron chi connectivity index (χ3n) is 5.58. The molecular formula is C17H23F2NO9S. The highest BCUT2D eigenvalue weighted by Gasteiger charge is 2.73. The van der Waals surface area contributed by atoms with Crippen molar-refractivity contribution in [1.82, 2.24) is 4.90 Å². The fourth-order valence-corrected chi connectivity index (χ4v) is 4.47. The summed E-state index contributed by atoms with van der Waals surface area (Å²) in [6.07, 6.45) is -2.91. The molecule has 3 heterocycles. The molecule has 13 heteroatoms. The van der Waals surface area contributed by atoms with Crippen LogP contribution < -0.4 is 0 Å². The highest BCUT2D eigenvalue weighted by molar-refractivity contribution is 7.86. The molecule has 0 radical (unpaired) electrons. The summed E-state index contributed by atoms with van der Waals surface area (Å²) < 4.78 is 72.6. The van der Waals surface area contributed by atoms with E-state index in [4.69, 9.17) is 14.0 Å². The van der Waals surface area contributed by atoms with E-state index in [9.17, 15) is 31.6 Å². The SMILES string of the molecule is CC(C)C(=O)OC1C2OC3C(C(=O)N(C(C)C)C13)C2C(=O)OCC(F)(F)S(=O)(=O)O. The highest BCUT2D eigenvalue weighted by atomic mass is 32.2. The van der Waals surface area contributed by atoms with Crippen molar-refractivity contribution in [1.29, 1.82) is 0 Å². The minimum Gasteiger partial charge on any atom is -0.458 e. The summed E-state index contributed by atoms with van der Waals surface area (Å²) in [5.41, 5.74) is 0. The first-order chi connectivity index (χ1) is 13.7. The van der Waals surface area contributed by atoms with E-state index in [1.165, 1.54) is 4.90 Å². The molecule has 170 valence electrons. The van der Waals surface area contributed by atoms with Gasteiger partial charge in [0.25, 0.3) is 0 Å². The molecule has 0 aromatic rings.